The van der Waals surface area contributed by atoms with E-state index in [4.69, 9.17) is 0 Å². The maximum atomic E-state index is 3.72. The van der Waals surface area contributed by atoms with Gasteiger partial charge in [0.05, 0.1) is 0 Å². The number of hydrogen-bond acceptors (Lipinski definition) is 0. The van der Waals surface area contributed by atoms with Gasteiger partial charge in [0, 0.05) is 0 Å². The van der Waals surface area contributed by atoms with E-state index < -0.39 is 0 Å². The summed E-state index contributed by atoms with van der Waals surface area (Å²) in [6.45, 7) is 14.6. The average Bonchev–Trinajstić information content (AvgIpc) is 2.44. The molecule has 0 heterocycles. The van der Waals surface area contributed by atoms with Gasteiger partial charge >= 0.3 is 26.2 Å². The summed E-state index contributed by atoms with van der Waals surface area (Å²) in [5, 5.41) is 0. The molecule has 101 valence electrons. The van der Waals surface area contributed by atoms with Crippen molar-refractivity contribution in [3.05, 3.63) is 73.0 Å². The second kappa shape index (κ2) is 8.59. The predicted molar refractivity (Wildman–Crippen MR) is 81.9 cm³/mol. The second-order valence-corrected chi connectivity index (χ2v) is 5.11. The normalized spacial score (nSPS) is 15.5. The van der Waals surface area contributed by atoms with E-state index in [-0.39, 0.29) is 39.0 Å². The topological polar surface area (TPSA) is 0 Å². The molecule has 0 saturated heterocycles. The summed E-state index contributed by atoms with van der Waals surface area (Å²) < 4.78 is 0. The standard InChI is InChI=1S/C10H15.C7H7.CH3.Zr/c1-7-6-10(4,5)9(3)8(7)2;1-7-5-3-2-4-6-7;;/h1-5H3;2-6H,1H2;1H3;/q3*-1;+3. The Balaban J connectivity index is 0. The van der Waals surface area contributed by atoms with Crippen LogP contribution in [0.25, 0.3) is 0 Å². The van der Waals surface area contributed by atoms with E-state index >= 15 is 0 Å². The molecule has 0 amide bonds. The quantitative estimate of drug-likeness (QED) is 0.556. The third kappa shape index (κ3) is 5.96. The van der Waals surface area contributed by atoms with Crippen molar-refractivity contribution < 1.29 is 26.2 Å². The molecule has 0 aliphatic heterocycles. The third-order valence-corrected chi connectivity index (χ3v) is 3.41. The molecule has 1 radical (unpaired) electrons. The van der Waals surface area contributed by atoms with Crippen molar-refractivity contribution in [2.75, 3.05) is 0 Å². The molecule has 1 aliphatic carbocycles. The molecule has 2 rings (SSSR count). The molecule has 1 aromatic rings. The van der Waals surface area contributed by atoms with Gasteiger partial charge < -0.3 is 7.43 Å². The number of benzene rings is 1. The van der Waals surface area contributed by atoms with Gasteiger partial charge in [-0.15, -0.1) is 19.1 Å². The van der Waals surface area contributed by atoms with Crippen molar-refractivity contribution in [1.82, 2.24) is 0 Å². The molecule has 0 bridgehead atoms. The molecule has 1 heteroatoms. The van der Waals surface area contributed by atoms with E-state index in [1.54, 1.807) is 0 Å². The monoisotopic (exact) mass is 331 g/mol. The zero-order valence-corrected chi connectivity index (χ0v) is 15.6. The molecule has 19 heavy (non-hydrogen) atoms. The summed E-state index contributed by atoms with van der Waals surface area (Å²) >= 11 is 0. The van der Waals surface area contributed by atoms with Gasteiger partial charge in [-0.3, -0.25) is 6.08 Å². The molecule has 0 aromatic heterocycles. The van der Waals surface area contributed by atoms with Crippen molar-refractivity contribution in [1.29, 1.82) is 0 Å². The van der Waals surface area contributed by atoms with Crippen molar-refractivity contribution >= 4 is 0 Å². The Bertz CT molecular complexity index is 436. The van der Waals surface area contributed by atoms with Gasteiger partial charge in [0.15, 0.2) is 0 Å². The first-order valence-electron chi connectivity index (χ1n) is 6.01. The van der Waals surface area contributed by atoms with E-state index in [0.29, 0.717) is 0 Å². The minimum Gasteiger partial charge on any atom is -0.358 e. The van der Waals surface area contributed by atoms with E-state index in [1.165, 1.54) is 16.7 Å². The van der Waals surface area contributed by atoms with Crippen LogP contribution in [0.5, 0.6) is 0 Å². The minimum atomic E-state index is 0. The van der Waals surface area contributed by atoms with Crippen molar-refractivity contribution in [2.24, 2.45) is 5.41 Å². The SMILES string of the molecule is CC1=[C-]C(C)(C)C(C)=C1C.[CH2-]c1ccccc1.[CH3-].[Zr+3]. The van der Waals surface area contributed by atoms with Crippen LogP contribution < -0.4 is 0 Å². The molecule has 0 atom stereocenters. The smallest absolute Gasteiger partial charge is 0.358 e. The molecule has 0 N–H and O–H groups in total. The van der Waals surface area contributed by atoms with E-state index in [9.17, 15) is 0 Å². The van der Waals surface area contributed by atoms with Gasteiger partial charge in [-0.25, -0.2) is 5.57 Å². The van der Waals surface area contributed by atoms with Crippen LogP contribution >= 0.6 is 0 Å². The van der Waals surface area contributed by atoms with Crippen molar-refractivity contribution in [3.8, 4) is 0 Å². The maximum Gasteiger partial charge on any atom is 3.00 e. The number of allylic oxidation sites excluding steroid dienone is 4. The fourth-order valence-electron chi connectivity index (χ4n) is 1.88. The largest absolute Gasteiger partial charge is 3.00 e. The number of hydrogen-bond donors (Lipinski definition) is 0. The summed E-state index contributed by atoms with van der Waals surface area (Å²) in [7, 11) is 0. The minimum absolute atomic E-state index is 0. The summed E-state index contributed by atoms with van der Waals surface area (Å²) in [6, 6.07) is 9.87. The average molecular weight is 333 g/mol. The summed E-state index contributed by atoms with van der Waals surface area (Å²) in [6.07, 6.45) is 3.44. The summed E-state index contributed by atoms with van der Waals surface area (Å²) in [5.41, 5.74) is 5.47. The molecule has 0 fully saturated rings. The zero-order chi connectivity index (χ0) is 13.1. The second-order valence-electron chi connectivity index (χ2n) is 5.11. The molecule has 1 aromatic carbocycles. The van der Waals surface area contributed by atoms with Gasteiger partial charge in [0.2, 0.25) is 0 Å². The van der Waals surface area contributed by atoms with Crippen LogP contribution in [-0.2, 0) is 26.2 Å². The Morgan fingerprint density at radius 1 is 1.00 bits per heavy atom. The number of rotatable bonds is 0. The first kappa shape index (κ1) is 20.8. The van der Waals surface area contributed by atoms with Crippen LogP contribution in [0.15, 0.2) is 47.1 Å². The molecular weight excluding hydrogens is 307 g/mol. The van der Waals surface area contributed by atoms with E-state index in [0.717, 1.165) is 5.56 Å². The van der Waals surface area contributed by atoms with Gasteiger partial charge in [0.25, 0.3) is 0 Å². The molecule has 0 spiro atoms. The summed E-state index contributed by atoms with van der Waals surface area (Å²) in [5.74, 6) is 0. The molecule has 0 unspecified atom stereocenters. The maximum absolute atomic E-state index is 3.72. The first-order chi connectivity index (χ1) is 7.84. The molecule has 0 nitrogen and oxygen atoms in total. The van der Waals surface area contributed by atoms with E-state index in [2.05, 4.69) is 47.6 Å². The van der Waals surface area contributed by atoms with E-state index in [1.807, 2.05) is 30.3 Å². The Kier molecular flexibility index (Phi) is 9.39. The predicted octanol–water partition coefficient (Wildman–Crippen LogP) is 5.43. The van der Waals surface area contributed by atoms with Crippen LogP contribution in [0, 0.1) is 25.8 Å². The Labute approximate surface area is 139 Å². The fourth-order valence-corrected chi connectivity index (χ4v) is 1.88. The summed E-state index contributed by atoms with van der Waals surface area (Å²) in [4.78, 5) is 0. The van der Waals surface area contributed by atoms with Gasteiger partial charge in [0.1, 0.15) is 0 Å². The fraction of sp³-hybridized carbons (Fsp3) is 0.333. The van der Waals surface area contributed by atoms with Crippen LogP contribution in [0.4, 0.5) is 0 Å². The molecular formula is C18H25Zr. The van der Waals surface area contributed by atoms with Crippen LogP contribution in [0.3, 0.4) is 0 Å². The Hall–Kier alpha value is -0.547. The third-order valence-electron chi connectivity index (χ3n) is 3.41. The van der Waals surface area contributed by atoms with Crippen LogP contribution in [0.2, 0.25) is 0 Å². The van der Waals surface area contributed by atoms with Crippen molar-refractivity contribution in [2.45, 2.75) is 34.6 Å². The van der Waals surface area contributed by atoms with Crippen LogP contribution in [-0.4, -0.2) is 0 Å². The van der Waals surface area contributed by atoms with Gasteiger partial charge in [-0.2, -0.15) is 35.8 Å². The first-order valence-corrected chi connectivity index (χ1v) is 6.01. The zero-order valence-electron chi connectivity index (χ0n) is 13.1. The Morgan fingerprint density at radius 2 is 1.47 bits per heavy atom. The van der Waals surface area contributed by atoms with Crippen LogP contribution in [0.1, 0.15) is 40.2 Å². The Morgan fingerprint density at radius 3 is 1.63 bits per heavy atom. The molecule has 1 aliphatic rings. The van der Waals surface area contributed by atoms with Crippen molar-refractivity contribution in [3.63, 3.8) is 0 Å². The molecule has 0 saturated carbocycles. The van der Waals surface area contributed by atoms with Gasteiger partial charge in [-0.05, 0) is 0 Å². The van der Waals surface area contributed by atoms with Gasteiger partial charge in [-0.1, -0.05) is 39.2 Å².